The Hall–Kier alpha value is -4.58. The molecule has 0 fully saturated rings. The maximum absolute atomic E-state index is 13.5. The molecule has 3 aromatic rings. The van der Waals surface area contributed by atoms with E-state index in [0.29, 0.717) is 16.0 Å². The number of fused-ring (bicyclic) bond motifs is 1. The fraction of sp³-hybridized carbons (Fsp3) is 0. The van der Waals surface area contributed by atoms with E-state index in [2.05, 4.69) is 0 Å². The molecule has 6 nitrogen and oxygen atoms in total. The van der Waals surface area contributed by atoms with Crippen molar-refractivity contribution in [3.8, 4) is 0 Å². The van der Waals surface area contributed by atoms with Gasteiger partial charge in [-0.25, -0.2) is 4.90 Å². The molecule has 0 N–H and O–H groups in total. The molecule has 3 aromatic carbocycles. The lowest BCUT2D eigenvalue weighted by Crippen LogP contribution is -2.41. The van der Waals surface area contributed by atoms with Crippen molar-refractivity contribution in [1.82, 2.24) is 4.90 Å². The second kappa shape index (κ2) is 7.59. The van der Waals surface area contributed by atoms with E-state index in [4.69, 9.17) is 4.74 Å². The third-order valence-electron chi connectivity index (χ3n) is 5.25. The number of amides is 2. The molecule has 6 heteroatoms. The normalized spacial score (nSPS) is 15.8. The summed E-state index contributed by atoms with van der Waals surface area (Å²) in [5, 5.41) is 0. The van der Waals surface area contributed by atoms with Crippen LogP contribution in [0.5, 0.6) is 0 Å². The average Bonchev–Trinajstić information content (AvgIpc) is 3.10. The molecule has 2 heterocycles. The summed E-state index contributed by atoms with van der Waals surface area (Å²) in [6.07, 6.45) is 0. The molecule has 2 amide bonds. The Kier molecular flexibility index (Phi) is 4.60. The molecule has 0 aliphatic carbocycles. The Balaban J connectivity index is 1.75. The van der Waals surface area contributed by atoms with Crippen LogP contribution in [0.25, 0.3) is 11.3 Å². The molecule has 0 saturated heterocycles. The molecule has 0 bridgehead atoms. The number of hydrogen-bond acceptors (Lipinski definition) is 5. The number of imide groups is 1. The topological polar surface area (TPSA) is 80.8 Å². The summed E-state index contributed by atoms with van der Waals surface area (Å²) < 4.78 is 6.03. The number of benzene rings is 3. The summed E-state index contributed by atoms with van der Waals surface area (Å²) >= 11 is 0. The second-order valence-corrected chi connectivity index (χ2v) is 7.19. The lowest BCUT2D eigenvalue weighted by molar-refractivity contribution is -0.146. The number of hydrogen-bond donors (Lipinski definition) is 0. The first-order valence-electron chi connectivity index (χ1n) is 9.88. The molecular weight excluding hydrogens is 406 g/mol. The number of nitrogens with zero attached hydrogens (tertiary/aromatic N) is 1. The summed E-state index contributed by atoms with van der Waals surface area (Å²) in [7, 11) is 0. The van der Waals surface area contributed by atoms with E-state index in [9.17, 15) is 19.2 Å². The molecule has 0 unspecified atom stereocenters. The van der Waals surface area contributed by atoms with Crippen LogP contribution in [0, 0.1) is 0 Å². The molecule has 0 radical (unpaired) electrons. The molecule has 2 aliphatic rings. The van der Waals surface area contributed by atoms with Crippen molar-refractivity contribution in [2.45, 2.75) is 0 Å². The van der Waals surface area contributed by atoms with Gasteiger partial charge in [0.25, 0.3) is 11.7 Å². The van der Waals surface area contributed by atoms with E-state index in [-0.39, 0.29) is 28.4 Å². The average molecular weight is 421 g/mol. The van der Waals surface area contributed by atoms with E-state index in [0.717, 1.165) is 0 Å². The van der Waals surface area contributed by atoms with Crippen molar-refractivity contribution >= 4 is 34.7 Å². The summed E-state index contributed by atoms with van der Waals surface area (Å²) in [6.45, 7) is 0. The van der Waals surface area contributed by atoms with Crippen LogP contribution in [0.2, 0.25) is 0 Å². The SMILES string of the molecule is O=C1C(=O)N2C(=O)C(C(=O)c3ccccc3)=C(c3ccccc3)OC2=C1c1ccccc1. The number of carbonyl (C=O) groups is 4. The first-order valence-corrected chi connectivity index (χ1v) is 9.88. The number of Topliss-reactive ketones (excluding diaryl/α,β-unsaturated/α-hetero) is 2. The fourth-order valence-electron chi connectivity index (χ4n) is 3.73. The Labute approximate surface area is 183 Å². The van der Waals surface area contributed by atoms with Crippen LogP contribution >= 0.6 is 0 Å². The minimum absolute atomic E-state index is 0.00614. The largest absolute Gasteiger partial charge is 0.438 e. The molecule has 0 spiro atoms. The Morgan fingerprint density at radius 3 is 1.78 bits per heavy atom. The maximum Gasteiger partial charge on any atom is 0.309 e. The smallest absolute Gasteiger partial charge is 0.309 e. The van der Waals surface area contributed by atoms with Crippen molar-refractivity contribution in [3.05, 3.63) is 119 Å². The number of ether oxygens (including phenoxy) is 1. The lowest BCUT2D eigenvalue weighted by Gasteiger charge is -2.27. The van der Waals surface area contributed by atoms with Gasteiger partial charge in [0, 0.05) is 11.1 Å². The Morgan fingerprint density at radius 2 is 1.19 bits per heavy atom. The van der Waals surface area contributed by atoms with Gasteiger partial charge in [0.05, 0.1) is 5.57 Å². The predicted molar refractivity (Wildman–Crippen MR) is 115 cm³/mol. The van der Waals surface area contributed by atoms with E-state index in [1.54, 1.807) is 91.0 Å². The molecule has 0 atom stereocenters. The minimum Gasteiger partial charge on any atom is -0.438 e. The second-order valence-electron chi connectivity index (χ2n) is 7.19. The monoisotopic (exact) mass is 421 g/mol. The molecule has 154 valence electrons. The first-order chi connectivity index (χ1) is 15.6. The standard InChI is InChI=1S/C26H15NO5/c28-21(17-12-6-2-7-13-17)20-23(18-14-8-3-9-15-18)32-26-19(16-10-4-1-5-11-16)22(29)25(31)27(26)24(20)30/h1-15H. The van der Waals surface area contributed by atoms with E-state index in [1.807, 2.05) is 0 Å². The highest BCUT2D eigenvalue weighted by Gasteiger charge is 2.50. The summed E-state index contributed by atoms with van der Waals surface area (Å²) in [6, 6.07) is 25.4. The first kappa shape index (κ1) is 19.4. The van der Waals surface area contributed by atoms with Crippen molar-refractivity contribution in [2.24, 2.45) is 0 Å². The highest BCUT2D eigenvalue weighted by atomic mass is 16.5. The van der Waals surface area contributed by atoms with Crippen LogP contribution in [0.1, 0.15) is 21.5 Å². The van der Waals surface area contributed by atoms with E-state index in [1.165, 1.54) is 0 Å². The third-order valence-corrected chi connectivity index (χ3v) is 5.25. The van der Waals surface area contributed by atoms with Crippen molar-refractivity contribution in [3.63, 3.8) is 0 Å². The zero-order chi connectivity index (χ0) is 22.2. The summed E-state index contributed by atoms with van der Waals surface area (Å²) in [5.41, 5.74) is 0.875. The van der Waals surface area contributed by atoms with Gasteiger partial charge < -0.3 is 4.74 Å². The summed E-state index contributed by atoms with van der Waals surface area (Å²) in [4.78, 5) is 53.1. The lowest BCUT2D eigenvalue weighted by atomic mass is 9.97. The molecule has 0 saturated carbocycles. The van der Waals surface area contributed by atoms with Gasteiger partial charge in [-0.2, -0.15) is 0 Å². The fourth-order valence-corrected chi connectivity index (χ4v) is 3.73. The molecule has 2 aliphatic heterocycles. The number of rotatable bonds is 4. The van der Waals surface area contributed by atoms with Crippen LogP contribution in [0.4, 0.5) is 0 Å². The van der Waals surface area contributed by atoms with Gasteiger partial charge in [-0.05, 0) is 5.56 Å². The van der Waals surface area contributed by atoms with Gasteiger partial charge in [0.2, 0.25) is 11.7 Å². The van der Waals surface area contributed by atoms with Crippen LogP contribution in [-0.2, 0) is 19.1 Å². The van der Waals surface area contributed by atoms with Crippen LogP contribution in [0.15, 0.2) is 102 Å². The molecule has 32 heavy (non-hydrogen) atoms. The van der Waals surface area contributed by atoms with Crippen molar-refractivity contribution in [1.29, 1.82) is 0 Å². The highest BCUT2D eigenvalue weighted by molar-refractivity contribution is 6.59. The van der Waals surface area contributed by atoms with Gasteiger partial charge in [0.1, 0.15) is 5.57 Å². The van der Waals surface area contributed by atoms with Gasteiger partial charge in [-0.1, -0.05) is 91.0 Å². The number of carbonyl (C=O) groups excluding carboxylic acids is 4. The quantitative estimate of drug-likeness (QED) is 0.278. The van der Waals surface area contributed by atoms with Gasteiger partial charge in [-0.3, -0.25) is 19.2 Å². The molecular formula is C26H15NO5. The number of ketones is 2. The van der Waals surface area contributed by atoms with Gasteiger partial charge in [-0.15, -0.1) is 0 Å². The van der Waals surface area contributed by atoms with Crippen LogP contribution in [0.3, 0.4) is 0 Å². The zero-order valence-corrected chi connectivity index (χ0v) is 16.6. The van der Waals surface area contributed by atoms with Crippen molar-refractivity contribution < 1.29 is 23.9 Å². The minimum atomic E-state index is -1.05. The van der Waals surface area contributed by atoms with E-state index < -0.39 is 23.4 Å². The molecule has 5 rings (SSSR count). The Morgan fingerprint density at radius 1 is 0.656 bits per heavy atom. The summed E-state index contributed by atoms with van der Waals surface area (Å²) in [5.74, 6) is -3.56. The van der Waals surface area contributed by atoms with Gasteiger partial charge in [0.15, 0.2) is 5.76 Å². The predicted octanol–water partition coefficient (Wildman–Crippen LogP) is 3.62. The highest BCUT2D eigenvalue weighted by Crippen LogP contribution is 2.40. The van der Waals surface area contributed by atoms with Crippen LogP contribution in [-0.4, -0.2) is 28.3 Å². The van der Waals surface area contributed by atoms with E-state index >= 15 is 0 Å². The van der Waals surface area contributed by atoms with Gasteiger partial charge >= 0.3 is 5.91 Å². The third kappa shape index (κ3) is 2.97. The molecule has 0 aromatic heterocycles. The Bertz CT molecular complexity index is 1340. The zero-order valence-electron chi connectivity index (χ0n) is 16.6. The maximum atomic E-state index is 13.5. The van der Waals surface area contributed by atoms with Crippen LogP contribution < -0.4 is 0 Å². The van der Waals surface area contributed by atoms with Crippen molar-refractivity contribution in [2.75, 3.05) is 0 Å².